The Bertz CT molecular complexity index is 1180. The van der Waals surface area contributed by atoms with Crippen LogP contribution in [0.2, 0.25) is 0 Å². The lowest BCUT2D eigenvalue weighted by Crippen LogP contribution is -2.58. The molecular weight excluding hydrogens is 506 g/mol. The van der Waals surface area contributed by atoms with E-state index < -0.39 is 60.2 Å². The third-order valence-electron chi connectivity index (χ3n) is 6.13. The summed E-state index contributed by atoms with van der Waals surface area (Å²) in [7, 11) is 0. The van der Waals surface area contributed by atoms with Gasteiger partial charge in [-0.1, -0.05) is 45.9 Å². The van der Waals surface area contributed by atoms with Gasteiger partial charge in [-0.25, -0.2) is 4.79 Å². The summed E-state index contributed by atoms with van der Waals surface area (Å²) in [4.78, 5) is 65.4. The Labute approximate surface area is 227 Å². The third-order valence-corrected chi connectivity index (χ3v) is 6.13. The number of carbonyl (C=O) groups excluding carboxylic acids is 3. The fourth-order valence-corrected chi connectivity index (χ4v) is 4.24. The van der Waals surface area contributed by atoms with Crippen molar-refractivity contribution in [3.63, 3.8) is 0 Å². The summed E-state index contributed by atoms with van der Waals surface area (Å²) < 4.78 is 0. The number of hydrogen-bond donors (Lipinski definition) is 7. The molecule has 0 bridgehead atoms. The number of aliphatic carboxylic acids is 2. The molecule has 1 heterocycles. The molecule has 1 aromatic heterocycles. The molecule has 0 aliphatic carbocycles. The van der Waals surface area contributed by atoms with E-state index in [1.165, 1.54) is 0 Å². The molecule has 4 unspecified atom stereocenters. The van der Waals surface area contributed by atoms with Gasteiger partial charge < -0.3 is 36.9 Å². The topological polar surface area (TPSA) is 204 Å². The second kappa shape index (κ2) is 14.3. The number of hydrogen-bond acceptors (Lipinski definition) is 6. The highest BCUT2D eigenvalue weighted by Crippen LogP contribution is 2.19. The second-order valence-corrected chi connectivity index (χ2v) is 10.5. The Kier molecular flexibility index (Phi) is 11.5. The molecule has 1 aromatic carbocycles. The van der Waals surface area contributed by atoms with Crippen molar-refractivity contribution >= 4 is 40.6 Å². The molecule has 12 heteroatoms. The van der Waals surface area contributed by atoms with Gasteiger partial charge in [-0.3, -0.25) is 19.2 Å². The maximum Gasteiger partial charge on any atom is 0.326 e. The number of carbonyl (C=O) groups is 5. The van der Waals surface area contributed by atoms with Gasteiger partial charge in [0.1, 0.15) is 18.1 Å². The number of nitrogens with two attached hydrogens (primary N) is 1. The average molecular weight is 546 g/mol. The highest BCUT2D eigenvalue weighted by molar-refractivity contribution is 5.96. The van der Waals surface area contributed by atoms with Crippen LogP contribution in [0.5, 0.6) is 0 Å². The minimum Gasteiger partial charge on any atom is -0.481 e. The Morgan fingerprint density at radius 2 is 1.38 bits per heavy atom. The van der Waals surface area contributed by atoms with Gasteiger partial charge in [-0.05, 0) is 36.3 Å². The van der Waals surface area contributed by atoms with Crippen LogP contribution < -0.4 is 21.7 Å². The van der Waals surface area contributed by atoms with Crippen LogP contribution >= 0.6 is 0 Å². The standard InChI is InChI=1S/C27H39N5O7/c1-14(2)9-18(28)24(35)30-21(12-23(33)34)26(37)31-20(25(36)32-22(27(38)39)10-15(3)4)11-16-13-29-19-8-6-5-7-17(16)19/h5-8,13-15,18,20-22,29H,9-12,28H2,1-4H3,(H,30,35)(H,31,37)(H,32,36)(H,33,34)(H,38,39). The maximum absolute atomic E-state index is 13.3. The van der Waals surface area contributed by atoms with Gasteiger partial charge in [0.15, 0.2) is 0 Å². The van der Waals surface area contributed by atoms with Gasteiger partial charge in [-0.15, -0.1) is 0 Å². The first kappa shape index (κ1) is 31.3. The summed E-state index contributed by atoms with van der Waals surface area (Å²) in [6.07, 6.45) is 1.42. The first-order valence-electron chi connectivity index (χ1n) is 12.9. The van der Waals surface area contributed by atoms with Crippen LogP contribution in [0.1, 0.15) is 52.5 Å². The predicted molar refractivity (Wildman–Crippen MR) is 145 cm³/mol. The van der Waals surface area contributed by atoms with Crippen LogP contribution in [0.3, 0.4) is 0 Å². The summed E-state index contributed by atoms with van der Waals surface area (Å²) in [5, 5.41) is 27.2. The average Bonchev–Trinajstić information content (AvgIpc) is 3.24. The van der Waals surface area contributed by atoms with Crippen LogP contribution in [0.25, 0.3) is 10.9 Å². The highest BCUT2D eigenvalue weighted by Gasteiger charge is 2.32. The molecule has 0 aliphatic rings. The van der Waals surface area contributed by atoms with Crippen LogP contribution in [-0.4, -0.2) is 69.0 Å². The molecule has 12 nitrogen and oxygen atoms in total. The van der Waals surface area contributed by atoms with Crippen molar-refractivity contribution in [2.75, 3.05) is 0 Å². The molecule has 4 atom stereocenters. The Balaban J connectivity index is 2.33. The molecule has 3 amide bonds. The summed E-state index contributed by atoms with van der Waals surface area (Å²) >= 11 is 0. The van der Waals surface area contributed by atoms with E-state index in [-0.39, 0.29) is 24.7 Å². The zero-order chi connectivity index (χ0) is 29.3. The second-order valence-electron chi connectivity index (χ2n) is 10.5. The summed E-state index contributed by atoms with van der Waals surface area (Å²) in [5.41, 5.74) is 7.38. The van der Waals surface area contributed by atoms with E-state index in [1.54, 1.807) is 6.20 Å². The zero-order valence-electron chi connectivity index (χ0n) is 22.7. The van der Waals surface area contributed by atoms with E-state index in [4.69, 9.17) is 5.73 Å². The van der Waals surface area contributed by atoms with Gasteiger partial charge in [0.25, 0.3) is 0 Å². The quantitative estimate of drug-likeness (QED) is 0.172. The van der Waals surface area contributed by atoms with E-state index in [0.29, 0.717) is 12.0 Å². The van der Waals surface area contributed by atoms with E-state index in [0.717, 1.165) is 10.9 Å². The van der Waals surface area contributed by atoms with E-state index in [9.17, 15) is 34.2 Å². The SMILES string of the molecule is CC(C)CC(N)C(=O)NC(CC(=O)O)C(=O)NC(Cc1c[nH]c2ccccc12)C(=O)NC(CC(C)C)C(=O)O. The number of H-pyrrole nitrogens is 1. The number of benzene rings is 1. The molecule has 0 saturated carbocycles. The predicted octanol–water partition coefficient (Wildman–Crippen LogP) is 1.14. The maximum atomic E-state index is 13.3. The number of fused-ring (bicyclic) bond motifs is 1. The van der Waals surface area contributed by atoms with E-state index >= 15 is 0 Å². The number of aromatic amines is 1. The first-order valence-corrected chi connectivity index (χ1v) is 12.9. The number of carboxylic acid groups (broad SMARTS) is 2. The smallest absolute Gasteiger partial charge is 0.326 e. The molecule has 39 heavy (non-hydrogen) atoms. The fraction of sp³-hybridized carbons (Fsp3) is 0.519. The molecular formula is C27H39N5O7. The molecule has 8 N–H and O–H groups in total. The number of carboxylic acids is 2. The molecule has 2 aromatic rings. The summed E-state index contributed by atoms with van der Waals surface area (Å²) in [6.45, 7) is 7.37. The van der Waals surface area contributed by atoms with Gasteiger partial charge >= 0.3 is 11.9 Å². The number of para-hydroxylation sites is 1. The van der Waals surface area contributed by atoms with Crippen molar-refractivity contribution in [3.8, 4) is 0 Å². The lowest BCUT2D eigenvalue weighted by Gasteiger charge is -2.25. The van der Waals surface area contributed by atoms with Gasteiger partial charge in [-0.2, -0.15) is 0 Å². The minimum absolute atomic E-state index is 0.0177. The van der Waals surface area contributed by atoms with Crippen molar-refractivity contribution in [2.45, 2.75) is 77.5 Å². The largest absolute Gasteiger partial charge is 0.481 e. The molecule has 0 radical (unpaired) electrons. The van der Waals surface area contributed by atoms with Gasteiger partial charge in [0.2, 0.25) is 17.7 Å². The lowest BCUT2D eigenvalue weighted by molar-refractivity contribution is -0.143. The van der Waals surface area contributed by atoms with Crippen molar-refractivity contribution in [3.05, 3.63) is 36.0 Å². The zero-order valence-corrected chi connectivity index (χ0v) is 22.7. The normalized spacial score (nSPS) is 14.4. The Morgan fingerprint density at radius 1 is 0.821 bits per heavy atom. The van der Waals surface area contributed by atoms with E-state index in [2.05, 4.69) is 20.9 Å². The lowest BCUT2D eigenvalue weighted by atomic mass is 10.0. The number of aromatic nitrogens is 1. The van der Waals surface area contributed by atoms with Crippen LogP contribution in [0, 0.1) is 11.8 Å². The summed E-state index contributed by atoms with van der Waals surface area (Å²) in [5.74, 6) is -4.84. The summed E-state index contributed by atoms with van der Waals surface area (Å²) in [6, 6.07) is 2.42. The van der Waals surface area contributed by atoms with Gasteiger partial charge in [0, 0.05) is 23.5 Å². The van der Waals surface area contributed by atoms with Crippen molar-refractivity contribution < 1.29 is 34.2 Å². The molecule has 0 saturated heterocycles. The van der Waals surface area contributed by atoms with Crippen molar-refractivity contribution in [2.24, 2.45) is 17.6 Å². The molecule has 214 valence electrons. The van der Waals surface area contributed by atoms with Gasteiger partial charge in [0.05, 0.1) is 12.5 Å². The molecule has 2 rings (SSSR count). The van der Waals surface area contributed by atoms with Crippen LogP contribution in [-0.2, 0) is 30.4 Å². The number of nitrogens with one attached hydrogen (secondary N) is 4. The van der Waals surface area contributed by atoms with Crippen LogP contribution in [0.15, 0.2) is 30.5 Å². The van der Waals surface area contributed by atoms with E-state index in [1.807, 2.05) is 52.0 Å². The number of amides is 3. The Hall–Kier alpha value is -3.93. The molecule has 0 spiro atoms. The Morgan fingerprint density at radius 3 is 1.97 bits per heavy atom. The highest BCUT2D eigenvalue weighted by atomic mass is 16.4. The first-order chi connectivity index (χ1) is 18.3. The molecule has 0 fully saturated rings. The number of rotatable bonds is 15. The fourth-order valence-electron chi connectivity index (χ4n) is 4.24. The molecule has 0 aliphatic heterocycles. The monoisotopic (exact) mass is 545 g/mol. The van der Waals surface area contributed by atoms with Crippen molar-refractivity contribution in [1.29, 1.82) is 0 Å². The minimum atomic E-state index is -1.50. The van der Waals surface area contributed by atoms with Crippen LogP contribution in [0.4, 0.5) is 0 Å². The third kappa shape index (κ3) is 9.71. The van der Waals surface area contributed by atoms with Crippen molar-refractivity contribution in [1.82, 2.24) is 20.9 Å².